The number of carbonyl (C=O) groups is 2. The summed E-state index contributed by atoms with van der Waals surface area (Å²) in [4.78, 5) is 29.3. The number of benzene rings is 1. The summed E-state index contributed by atoms with van der Waals surface area (Å²) >= 11 is 0. The molecule has 3 saturated heterocycles. The van der Waals surface area contributed by atoms with Crippen LogP contribution >= 0.6 is 0 Å². The summed E-state index contributed by atoms with van der Waals surface area (Å²) in [5.74, 6) is -0.0250. The van der Waals surface area contributed by atoms with Gasteiger partial charge in [0.25, 0.3) is 0 Å². The predicted octanol–water partition coefficient (Wildman–Crippen LogP) is 2.05. The molecule has 5 nitrogen and oxygen atoms in total. The molecule has 3 unspecified atom stereocenters. The van der Waals surface area contributed by atoms with Crippen molar-refractivity contribution in [2.75, 3.05) is 24.7 Å². The van der Waals surface area contributed by atoms with Gasteiger partial charge in [0.2, 0.25) is 11.8 Å². The number of carbonyl (C=O) groups excluding carboxylic acids is 2. The van der Waals surface area contributed by atoms with Crippen LogP contribution in [0.3, 0.4) is 0 Å². The average Bonchev–Trinajstić information content (AvgIpc) is 3.07. The van der Waals surface area contributed by atoms with Crippen molar-refractivity contribution in [3.8, 4) is 0 Å². The maximum absolute atomic E-state index is 13.0. The van der Waals surface area contributed by atoms with Gasteiger partial charge in [-0.3, -0.25) is 9.59 Å². The van der Waals surface area contributed by atoms with Crippen LogP contribution in [0, 0.1) is 19.8 Å². The summed E-state index contributed by atoms with van der Waals surface area (Å²) < 4.78 is 5.56. The van der Waals surface area contributed by atoms with Crippen LogP contribution in [-0.4, -0.2) is 48.6 Å². The lowest BCUT2D eigenvalue weighted by Gasteiger charge is -2.36. The number of amides is 2. The second-order valence-corrected chi connectivity index (χ2v) is 7.34. The van der Waals surface area contributed by atoms with Crippen LogP contribution in [-0.2, 0) is 14.3 Å². The fourth-order valence-electron chi connectivity index (χ4n) is 4.22. The summed E-state index contributed by atoms with van der Waals surface area (Å²) in [5.41, 5.74) is 3.28. The van der Waals surface area contributed by atoms with Gasteiger partial charge >= 0.3 is 0 Å². The molecule has 4 rings (SSSR count). The first-order valence-corrected chi connectivity index (χ1v) is 8.82. The van der Waals surface area contributed by atoms with E-state index < -0.39 is 0 Å². The minimum Gasteiger partial charge on any atom is -0.377 e. The van der Waals surface area contributed by atoms with Crippen LogP contribution in [0.4, 0.5) is 5.69 Å². The van der Waals surface area contributed by atoms with Gasteiger partial charge in [-0.2, -0.15) is 0 Å². The topological polar surface area (TPSA) is 49.9 Å². The van der Waals surface area contributed by atoms with E-state index in [9.17, 15) is 9.59 Å². The van der Waals surface area contributed by atoms with Crippen molar-refractivity contribution < 1.29 is 14.3 Å². The molecule has 1 aromatic rings. The van der Waals surface area contributed by atoms with Gasteiger partial charge in [-0.05, 0) is 49.9 Å². The second-order valence-electron chi connectivity index (χ2n) is 7.34. The van der Waals surface area contributed by atoms with Crippen molar-refractivity contribution in [1.82, 2.24) is 4.90 Å². The Morgan fingerprint density at radius 2 is 1.83 bits per heavy atom. The van der Waals surface area contributed by atoms with Crippen LogP contribution in [0.5, 0.6) is 0 Å². The minimum absolute atomic E-state index is 0.0530. The smallest absolute Gasteiger partial charge is 0.228 e. The van der Waals surface area contributed by atoms with E-state index in [-0.39, 0.29) is 29.8 Å². The summed E-state index contributed by atoms with van der Waals surface area (Å²) in [6.45, 7) is 5.89. The number of fused-ring (bicyclic) bond motifs is 2. The quantitative estimate of drug-likeness (QED) is 0.835. The normalized spacial score (nSPS) is 29.4. The molecule has 0 aromatic heterocycles. The van der Waals surface area contributed by atoms with Gasteiger partial charge in [-0.1, -0.05) is 6.07 Å². The number of morpholine rings is 1. The Kier molecular flexibility index (Phi) is 3.83. The Hall–Kier alpha value is -1.88. The van der Waals surface area contributed by atoms with Gasteiger partial charge in [0.15, 0.2) is 0 Å². The fraction of sp³-hybridized carbons (Fsp3) is 0.579. The number of hydrogen-bond donors (Lipinski definition) is 0. The monoisotopic (exact) mass is 328 g/mol. The first-order valence-electron chi connectivity index (χ1n) is 8.82. The van der Waals surface area contributed by atoms with Gasteiger partial charge < -0.3 is 14.5 Å². The average molecular weight is 328 g/mol. The van der Waals surface area contributed by atoms with Crippen molar-refractivity contribution in [3.63, 3.8) is 0 Å². The van der Waals surface area contributed by atoms with Gasteiger partial charge in [-0.25, -0.2) is 0 Å². The van der Waals surface area contributed by atoms with Crippen molar-refractivity contribution >= 4 is 17.5 Å². The summed E-state index contributed by atoms with van der Waals surface area (Å²) in [6.07, 6.45) is 2.37. The minimum atomic E-state index is -0.222. The highest BCUT2D eigenvalue weighted by Crippen LogP contribution is 2.33. The van der Waals surface area contributed by atoms with Crippen LogP contribution in [0.1, 0.15) is 30.4 Å². The third kappa shape index (κ3) is 2.51. The number of ether oxygens (including phenoxy) is 1. The van der Waals surface area contributed by atoms with E-state index in [0.717, 1.165) is 18.5 Å². The third-order valence-corrected chi connectivity index (χ3v) is 5.77. The van der Waals surface area contributed by atoms with Crippen LogP contribution in [0.25, 0.3) is 0 Å². The standard InChI is InChI=1S/C19H24N2O3/c1-12-3-4-15(7-13(12)2)20-9-14(8-18(20)22)19(23)21-16-5-6-17(21)11-24-10-16/h3-4,7,14,16-17H,5-6,8-11H2,1-2H3. The molecule has 5 heteroatoms. The molecular formula is C19H24N2O3. The molecule has 0 spiro atoms. The molecule has 3 atom stereocenters. The number of rotatable bonds is 2. The molecule has 0 aliphatic carbocycles. The molecule has 3 aliphatic heterocycles. The van der Waals surface area contributed by atoms with E-state index in [2.05, 4.69) is 6.92 Å². The summed E-state index contributed by atoms with van der Waals surface area (Å²) in [5, 5.41) is 0. The highest BCUT2D eigenvalue weighted by Gasteiger charge is 2.45. The lowest BCUT2D eigenvalue weighted by molar-refractivity contribution is -0.145. The Morgan fingerprint density at radius 3 is 2.50 bits per heavy atom. The van der Waals surface area contributed by atoms with Crippen LogP contribution in [0.2, 0.25) is 0 Å². The SMILES string of the molecule is Cc1ccc(N2CC(C(=O)N3C4CCC3COC4)CC2=O)cc1C. The van der Waals surface area contributed by atoms with Crippen LogP contribution in [0.15, 0.2) is 18.2 Å². The molecule has 3 heterocycles. The number of aryl methyl sites for hydroxylation is 2. The Bertz CT molecular complexity index is 671. The predicted molar refractivity (Wildman–Crippen MR) is 90.9 cm³/mol. The fourth-order valence-corrected chi connectivity index (χ4v) is 4.22. The Labute approximate surface area is 142 Å². The molecule has 3 fully saturated rings. The van der Waals surface area contributed by atoms with E-state index in [0.29, 0.717) is 26.2 Å². The molecular weight excluding hydrogens is 304 g/mol. The summed E-state index contributed by atoms with van der Waals surface area (Å²) in [6, 6.07) is 6.48. The van der Waals surface area contributed by atoms with Gasteiger partial charge in [-0.15, -0.1) is 0 Å². The molecule has 3 aliphatic rings. The highest BCUT2D eigenvalue weighted by atomic mass is 16.5. The maximum atomic E-state index is 13.0. The van der Waals surface area contributed by atoms with E-state index in [1.54, 1.807) is 4.90 Å². The zero-order chi connectivity index (χ0) is 16.8. The zero-order valence-corrected chi connectivity index (χ0v) is 14.3. The third-order valence-electron chi connectivity index (χ3n) is 5.77. The maximum Gasteiger partial charge on any atom is 0.228 e. The molecule has 24 heavy (non-hydrogen) atoms. The van der Waals surface area contributed by atoms with Crippen molar-refractivity contribution in [1.29, 1.82) is 0 Å². The first-order chi connectivity index (χ1) is 11.5. The molecule has 2 bridgehead atoms. The molecule has 0 N–H and O–H groups in total. The largest absolute Gasteiger partial charge is 0.377 e. The van der Waals surface area contributed by atoms with Gasteiger partial charge in [0, 0.05) is 18.7 Å². The number of nitrogens with zero attached hydrogens (tertiary/aromatic N) is 2. The first kappa shape index (κ1) is 15.6. The molecule has 0 radical (unpaired) electrons. The van der Waals surface area contributed by atoms with Gasteiger partial charge in [0.05, 0.1) is 31.2 Å². The molecule has 1 aromatic carbocycles. The van der Waals surface area contributed by atoms with E-state index in [1.807, 2.05) is 30.0 Å². The summed E-state index contributed by atoms with van der Waals surface area (Å²) in [7, 11) is 0. The second kappa shape index (κ2) is 5.88. The number of anilines is 1. The molecule has 0 saturated carbocycles. The van der Waals surface area contributed by atoms with Crippen LogP contribution < -0.4 is 4.90 Å². The highest BCUT2D eigenvalue weighted by molar-refractivity contribution is 6.00. The lowest BCUT2D eigenvalue weighted by atomic mass is 10.1. The Balaban J connectivity index is 1.51. The molecule has 128 valence electrons. The molecule has 2 amide bonds. The van der Waals surface area contributed by atoms with E-state index in [1.165, 1.54) is 11.1 Å². The van der Waals surface area contributed by atoms with Crippen molar-refractivity contribution in [2.45, 2.75) is 45.2 Å². The van der Waals surface area contributed by atoms with Crippen molar-refractivity contribution in [3.05, 3.63) is 29.3 Å². The Morgan fingerprint density at radius 1 is 1.12 bits per heavy atom. The van der Waals surface area contributed by atoms with E-state index in [4.69, 9.17) is 4.74 Å². The lowest BCUT2D eigenvalue weighted by Crippen LogP contribution is -2.51. The zero-order valence-electron chi connectivity index (χ0n) is 14.3. The number of hydrogen-bond acceptors (Lipinski definition) is 3. The van der Waals surface area contributed by atoms with Gasteiger partial charge in [0.1, 0.15) is 0 Å². The van der Waals surface area contributed by atoms with E-state index >= 15 is 0 Å². The van der Waals surface area contributed by atoms with Crippen molar-refractivity contribution in [2.24, 2.45) is 5.92 Å².